The van der Waals surface area contributed by atoms with E-state index in [2.05, 4.69) is 6.92 Å². The van der Waals surface area contributed by atoms with E-state index in [1.807, 2.05) is 0 Å². The van der Waals surface area contributed by atoms with Crippen LogP contribution in [-0.2, 0) is 21.2 Å². The number of unbranched alkanes of at least 4 members (excludes halogenated alkanes) is 2. The molecule has 22 heavy (non-hydrogen) atoms. The number of rotatable bonds is 8. The second kappa shape index (κ2) is 8.27. The molecule has 1 rings (SSSR count). The SMILES string of the molecule is CCCCCN(Cc1ccc(F)cc1)C(=O)[C@@H](C)S(C)(=O)=O. The normalized spacial score (nSPS) is 12.9. The lowest BCUT2D eigenvalue weighted by Gasteiger charge is -2.25. The van der Waals surface area contributed by atoms with Crippen molar-refractivity contribution in [2.75, 3.05) is 12.8 Å². The summed E-state index contributed by atoms with van der Waals surface area (Å²) in [6.07, 6.45) is 3.87. The highest BCUT2D eigenvalue weighted by atomic mass is 32.2. The van der Waals surface area contributed by atoms with Gasteiger partial charge in [-0.05, 0) is 31.0 Å². The first kappa shape index (κ1) is 18.6. The van der Waals surface area contributed by atoms with Crippen LogP contribution in [0.1, 0.15) is 38.7 Å². The Labute approximate surface area is 132 Å². The van der Waals surface area contributed by atoms with Crippen LogP contribution in [0.3, 0.4) is 0 Å². The van der Waals surface area contributed by atoms with Gasteiger partial charge < -0.3 is 4.90 Å². The van der Waals surface area contributed by atoms with Gasteiger partial charge in [0.05, 0.1) is 0 Å². The number of halogens is 1. The third kappa shape index (κ3) is 5.75. The van der Waals surface area contributed by atoms with Crippen molar-refractivity contribution >= 4 is 15.7 Å². The van der Waals surface area contributed by atoms with Gasteiger partial charge in [0, 0.05) is 19.3 Å². The Morgan fingerprint density at radius 1 is 1.23 bits per heavy atom. The zero-order chi connectivity index (χ0) is 16.8. The zero-order valence-corrected chi connectivity index (χ0v) is 14.2. The molecule has 0 N–H and O–H groups in total. The molecule has 0 radical (unpaired) electrons. The van der Waals surface area contributed by atoms with E-state index in [0.29, 0.717) is 13.1 Å². The molecule has 0 aromatic heterocycles. The van der Waals surface area contributed by atoms with E-state index < -0.39 is 21.0 Å². The summed E-state index contributed by atoms with van der Waals surface area (Å²) >= 11 is 0. The minimum Gasteiger partial charge on any atom is -0.337 e. The predicted molar refractivity (Wildman–Crippen MR) is 85.6 cm³/mol. The maximum atomic E-state index is 13.0. The molecule has 1 atom stereocenters. The average molecular weight is 329 g/mol. The fraction of sp³-hybridized carbons (Fsp3) is 0.562. The van der Waals surface area contributed by atoms with Crippen LogP contribution in [-0.4, -0.2) is 37.3 Å². The van der Waals surface area contributed by atoms with E-state index in [4.69, 9.17) is 0 Å². The fourth-order valence-electron chi connectivity index (χ4n) is 2.07. The molecule has 1 aromatic rings. The van der Waals surface area contributed by atoms with Gasteiger partial charge in [0.1, 0.15) is 11.1 Å². The maximum Gasteiger partial charge on any atom is 0.240 e. The summed E-state index contributed by atoms with van der Waals surface area (Å²) in [5.74, 6) is -0.736. The van der Waals surface area contributed by atoms with Gasteiger partial charge in [-0.25, -0.2) is 12.8 Å². The third-order valence-electron chi connectivity index (χ3n) is 3.62. The van der Waals surface area contributed by atoms with E-state index in [0.717, 1.165) is 31.1 Å². The first-order chi connectivity index (χ1) is 10.3. The van der Waals surface area contributed by atoms with E-state index in [9.17, 15) is 17.6 Å². The van der Waals surface area contributed by atoms with Gasteiger partial charge in [0.2, 0.25) is 5.91 Å². The summed E-state index contributed by atoms with van der Waals surface area (Å²) in [5.41, 5.74) is 0.784. The highest BCUT2D eigenvalue weighted by Gasteiger charge is 2.28. The molecule has 0 saturated carbocycles. The number of nitrogens with zero attached hydrogens (tertiary/aromatic N) is 1. The molecule has 0 fully saturated rings. The fourth-order valence-corrected chi connectivity index (χ4v) is 2.59. The topological polar surface area (TPSA) is 54.5 Å². The van der Waals surface area contributed by atoms with Crippen molar-refractivity contribution in [2.45, 2.75) is 44.9 Å². The number of sulfone groups is 1. The van der Waals surface area contributed by atoms with E-state index in [-0.39, 0.29) is 5.82 Å². The summed E-state index contributed by atoms with van der Waals surface area (Å²) in [5, 5.41) is -1.06. The lowest BCUT2D eigenvalue weighted by Crippen LogP contribution is -2.41. The second-order valence-electron chi connectivity index (χ2n) is 5.57. The minimum atomic E-state index is -3.43. The summed E-state index contributed by atoms with van der Waals surface area (Å²) in [6.45, 7) is 4.27. The molecule has 0 unspecified atom stereocenters. The molecule has 0 saturated heterocycles. The van der Waals surface area contributed by atoms with Crippen molar-refractivity contribution in [1.82, 2.24) is 4.90 Å². The average Bonchev–Trinajstić information content (AvgIpc) is 2.46. The van der Waals surface area contributed by atoms with E-state index >= 15 is 0 Å². The Balaban J connectivity index is 2.87. The first-order valence-electron chi connectivity index (χ1n) is 7.47. The lowest BCUT2D eigenvalue weighted by molar-refractivity contribution is -0.131. The summed E-state index contributed by atoms with van der Waals surface area (Å²) in [7, 11) is -3.43. The van der Waals surface area contributed by atoms with Gasteiger partial charge in [-0.2, -0.15) is 0 Å². The van der Waals surface area contributed by atoms with Crippen molar-refractivity contribution < 1.29 is 17.6 Å². The van der Waals surface area contributed by atoms with Crippen LogP contribution < -0.4 is 0 Å². The van der Waals surface area contributed by atoms with Crippen molar-refractivity contribution in [1.29, 1.82) is 0 Å². The Kier molecular flexibility index (Phi) is 7.00. The molecular weight excluding hydrogens is 305 g/mol. The Bertz CT molecular complexity index is 584. The molecule has 0 bridgehead atoms. The Hall–Kier alpha value is -1.43. The Morgan fingerprint density at radius 3 is 2.32 bits per heavy atom. The molecule has 1 amide bonds. The molecule has 1 aromatic carbocycles. The second-order valence-corrected chi connectivity index (χ2v) is 7.93. The summed E-state index contributed by atoms with van der Waals surface area (Å²) < 4.78 is 36.2. The van der Waals surface area contributed by atoms with Gasteiger partial charge in [-0.15, -0.1) is 0 Å². The first-order valence-corrected chi connectivity index (χ1v) is 9.43. The van der Waals surface area contributed by atoms with Crippen molar-refractivity contribution in [2.24, 2.45) is 0 Å². The van der Waals surface area contributed by atoms with Gasteiger partial charge in [0.15, 0.2) is 9.84 Å². The van der Waals surface area contributed by atoms with Gasteiger partial charge in [0.25, 0.3) is 0 Å². The molecule has 0 aliphatic rings. The van der Waals surface area contributed by atoms with E-state index in [1.165, 1.54) is 19.1 Å². The predicted octanol–water partition coefficient (Wildman–Crippen LogP) is 2.78. The monoisotopic (exact) mass is 329 g/mol. The van der Waals surface area contributed by atoms with Crippen LogP contribution in [0.4, 0.5) is 4.39 Å². The van der Waals surface area contributed by atoms with Crippen LogP contribution in [0.15, 0.2) is 24.3 Å². The van der Waals surface area contributed by atoms with E-state index in [1.54, 1.807) is 17.0 Å². The molecule has 0 aliphatic carbocycles. The van der Waals surface area contributed by atoms with Gasteiger partial charge >= 0.3 is 0 Å². The number of hydrogen-bond acceptors (Lipinski definition) is 3. The molecule has 6 heteroatoms. The third-order valence-corrected chi connectivity index (χ3v) is 5.11. The quantitative estimate of drug-likeness (QED) is 0.689. The number of carbonyl (C=O) groups is 1. The number of hydrogen-bond donors (Lipinski definition) is 0. The van der Waals surface area contributed by atoms with Crippen LogP contribution in [0, 0.1) is 5.82 Å². The van der Waals surface area contributed by atoms with Crippen molar-refractivity contribution in [3.05, 3.63) is 35.6 Å². The molecule has 0 aliphatic heterocycles. The number of benzene rings is 1. The number of carbonyl (C=O) groups excluding carboxylic acids is 1. The minimum absolute atomic E-state index is 0.294. The molecule has 124 valence electrons. The van der Waals surface area contributed by atoms with Gasteiger partial charge in [-0.1, -0.05) is 31.9 Å². The molecular formula is C16H24FNO3S. The van der Waals surface area contributed by atoms with Crippen LogP contribution in [0.25, 0.3) is 0 Å². The van der Waals surface area contributed by atoms with Crippen molar-refractivity contribution in [3.8, 4) is 0 Å². The lowest BCUT2D eigenvalue weighted by atomic mass is 10.2. The molecule has 4 nitrogen and oxygen atoms in total. The molecule has 0 heterocycles. The molecule has 0 spiro atoms. The zero-order valence-electron chi connectivity index (χ0n) is 13.4. The highest BCUT2D eigenvalue weighted by molar-refractivity contribution is 7.92. The maximum absolute atomic E-state index is 13.0. The smallest absolute Gasteiger partial charge is 0.240 e. The van der Waals surface area contributed by atoms with Crippen molar-refractivity contribution in [3.63, 3.8) is 0 Å². The summed E-state index contributed by atoms with van der Waals surface area (Å²) in [4.78, 5) is 14.0. The Morgan fingerprint density at radius 2 is 1.82 bits per heavy atom. The van der Waals surface area contributed by atoms with Crippen LogP contribution in [0.5, 0.6) is 0 Å². The number of amides is 1. The highest BCUT2D eigenvalue weighted by Crippen LogP contribution is 2.12. The van der Waals surface area contributed by atoms with Gasteiger partial charge in [-0.3, -0.25) is 4.79 Å². The standard InChI is InChI=1S/C16H24FNO3S/c1-4-5-6-11-18(16(19)13(2)22(3,20)21)12-14-7-9-15(17)10-8-14/h7-10,13H,4-6,11-12H2,1-3H3/t13-/m1/s1. The van der Waals surface area contributed by atoms with Crippen LogP contribution >= 0.6 is 0 Å². The largest absolute Gasteiger partial charge is 0.337 e. The summed E-state index contributed by atoms with van der Waals surface area (Å²) in [6, 6.07) is 5.90. The van der Waals surface area contributed by atoms with Crippen LogP contribution in [0.2, 0.25) is 0 Å².